The molecule has 0 heterocycles. The average molecular weight is 361 g/mol. The first kappa shape index (κ1) is 22.7. The summed E-state index contributed by atoms with van der Waals surface area (Å²) in [6, 6.07) is 25.8. The summed E-state index contributed by atoms with van der Waals surface area (Å²) >= 11 is 0. The molecule has 3 rings (SSSR count). The Bertz CT molecular complexity index is 758. The number of hydrogen-bond acceptors (Lipinski definition) is 0. The van der Waals surface area contributed by atoms with Gasteiger partial charge in [0.2, 0.25) is 0 Å². The van der Waals surface area contributed by atoms with Gasteiger partial charge in [0.05, 0.1) is 0 Å². The van der Waals surface area contributed by atoms with E-state index in [-0.39, 0.29) is 5.41 Å². The largest absolute Gasteiger partial charge is 0.0683 e. The van der Waals surface area contributed by atoms with Gasteiger partial charge in [0, 0.05) is 0 Å². The minimum atomic E-state index is 0.285. The van der Waals surface area contributed by atoms with Gasteiger partial charge in [-0.2, -0.15) is 0 Å². The van der Waals surface area contributed by atoms with Crippen LogP contribution >= 0.6 is 0 Å². The van der Waals surface area contributed by atoms with Crippen LogP contribution in [0.1, 0.15) is 56.9 Å². The van der Waals surface area contributed by atoms with Crippen LogP contribution in [0, 0.1) is 20.8 Å². The van der Waals surface area contributed by atoms with Crippen molar-refractivity contribution in [3.8, 4) is 11.1 Å². The molecule has 0 aliphatic heterocycles. The zero-order valence-electron chi connectivity index (χ0n) is 18.4. The Morgan fingerprint density at radius 1 is 0.519 bits per heavy atom. The van der Waals surface area contributed by atoms with E-state index in [9.17, 15) is 0 Å². The lowest BCUT2D eigenvalue weighted by molar-refractivity contribution is 0.590. The molecule has 0 bridgehead atoms. The maximum Gasteiger partial charge on any atom is -0.0132 e. The lowest BCUT2D eigenvalue weighted by Crippen LogP contribution is -2.10. The topological polar surface area (TPSA) is 0 Å². The Labute approximate surface area is 167 Å². The van der Waals surface area contributed by atoms with E-state index in [1.807, 2.05) is 13.8 Å². The number of aryl methyl sites for hydroxylation is 3. The lowest BCUT2D eigenvalue weighted by atomic mass is 9.87. The maximum atomic E-state index is 2.23. The van der Waals surface area contributed by atoms with E-state index in [2.05, 4.69) is 114 Å². The molecule has 0 N–H and O–H groups in total. The second kappa shape index (κ2) is 10.7. The molecule has 0 amide bonds. The Kier molecular flexibility index (Phi) is 9.02. The van der Waals surface area contributed by atoms with Crippen molar-refractivity contribution in [3.05, 3.63) is 95.1 Å². The summed E-state index contributed by atoms with van der Waals surface area (Å²) in [5, 5.41) is 0. The van der Waals surface area contributed by atoms with E-state index in [1.54, 1.807) is 0 Å². The van der Waals surface area contributed by atoms with E-state index in [0.29, 0.717) is 0 Å². The van der Waals surface area contributed by atoms with Gasteiger partial charge in [-0.25, -0.2) is 0 Å². The van der Waals surface area contributed by atoms with Crippen LogP contribution in [0.25, 0.3) is 11.1 Å². The molecule has 0 saturated carbocycles. The monoisotopic (exact) mass is 360 g/mol. The van der Waals surface area contributed by atoms with Crippen molar-refractivity contribution >= 4 is 0 Å². The van der Waals surface area contributed by atoms with Crippen LogP contribution in [-0.4, -0.2) is 0 Å². The third-order valence-corrected chi connectivity index (χ3v) is 4.50. The van der Waals surface area contributed by atoms with Crippen molar-refractivity contribution in [1.29, 1.82) is 0 Å². The Balaban J connectivity index is 0.000000254. The Hall–Kier alpha value is -2.34. The molecule has 3 aromatic rings. The van der Waals surface area contributed by atoms with Crippen LogP contribution in [0.5, 0.6) is 0 Å². The minimum Gasteiger partial charge on any atom is -0.0683 e. The van der Waals surface area contributed by atoms with Crippen LogP contribution in [-0.2, 0) is 5.41 Å². The fraction of sp³-hybridized carbons (Fsp3) is 0.333. The van der Waals surface area contributed by atoms with Gasteiger partial charge in [0.25, 0.3) is 0 Å². The van der Waals surface area contributed by atoms with Crippen molar-refractivity contribution in [2.24, 2.45) is 0 Å². The minimum absolute atomic E-state index is 0.285. The Morgan fingerprint density at radius 2 is 0.889 bits per heavy atom. The summed E-state index contributed by atoms with van der Waals surface area (Å²) in [5.41, 5.74) is 8.37. The molecule has 0 atom stereocenters. The van der Waals surface area contributed by atoms with Crippen LogP contribution in [0.3, 0.4) is 0 Å². The normalized spacial score (nSPS) is 10.2. The fourth-order valence-electron chi connectivity index (χ4n) is 2.80. The smallest absolute Gasteiger partial charge is 0.0132 e. The van der Waals surface area contributed by atoms with Crippen LogP contribution < -0.4 is 0 Å². The first-order chi connectivity index (χ1) is 12.8. The quantitative estimate of drug-likeness (QED) is 0.409. The van der Waals surface area contributed by atoms with Crippen LogP contribution in [0.15, 0.2) is 72.8 Å². The van der Waals surface area contributed by atoms with Gasteiger partial charge >= 0.3 is 0 Å². The number of benzene rings is 3. The zero-order valence-corrected chi connectivity index (χ0v) is 18.4. The number of rotatable bonds is 1. The first-order valence-corrected chi connectivity index (χ1v) is 9.98. The van der Waals surface area contributed by atoms with Crippen molar-refractivity contribution in [2.75, 3.05) is 0 Å². The molecule has 27 heavy (non-hydrogen) atoms. The second-order valence-electron chi connectivity index (χ2n) is 7.75. The lowest BCUT2D eigenvalue weighted by Gasteiger charge is -2.18. The van der Waals surface area contributed by atoms with Crippen molar-refractivity contribution in [1.82, 2.24) is 0 Å². The highest BCUT2D eigenvalue weighted by Crippen LogP contribution is 2.25. The summed E-state index contributed by atoms with van der Waals surface area (Å²) < 4.78 is 0. The highest BCUT2D eigenvalue weighted by atomic mass is 14.2. The molecular weight excluding hydrogens is 324 g/mol. The van der Waals surface area contributed by atoms with E-state index in [0.717, 1.165) is 0 Å². The SMILES string of the molecule is CC.Cc1ccc(C(C)(C)C)cc1.Cc1ccccc1-c1ccccc1C. The van der Waals surface area contributed by atoms with Gasteiger partial charge in [-0.1, -0.05) is 113 Å². The highest BCUT2D eigenvalue weighted by molar-refractivity contribution is 5.70. The van der Waals surface area contributed by atoms with E-state index < -0.39 is 0 Å². The summed E-state index contributed by atoms with van der Waals surface area (Å²) in [5.74, 6) is 0. The van der Waals surface area contributed by atoms with Crippen molar-refractivity contribution in [3.63, 3.8) is 0 Å². The Morgan fingerprint density at radius 3 is 1.22 bits per heavy atom. The van der Waals surface area contributed by atoms with Gasteiger partial charge in [0.1, 0.15) is 0 Å². The van der Waals surface area contributed by atoms with Gasteiger partial charge in [0.15, 0.2) is 0 Å². The summed E-state index contributed by atoms with van der Waals surface area (Å²) in [6.45, 7) is 17.1. The zero-order chi connectivity index (χ0) is 20.4. The van der Waals surface area contributed by atoms with Gasteiger partial charge < -0.3 is 0 Å². The molecule has 0 nitrogen and oxygen atoms in total. The van der Waals surface area contributed by atoms with Crippen molar-refractivity contribution in [2.45, 2.75) is 60.8 Å². The molecule has 0 spiro atoms. The van der Waals surface area contributed by atoms with E-state index >= 15 is 0 Å². The predicted molar refractivity (Wildman–Crippen MR) is 123 cm³/mol. The molecular formula is C27H36. The van der Waals surface area contributed by atoms with E-state index in [4.69, 9.17) is 0 Å². The summed E-state index contributed by atoms with van der Waals surface area (Å²) in [6.07, 6.45) is 0. The highest BCUT2D eigenvalue weighted by Gasteiger charge is 2.11. The molecule has 144 valence electrons. The maximum absolute atomic E-state index is 2.23. The summed E-state index contributed by atoms with van der Waals surface area (Å²) in [7, 11) is 0. The fourth-order valence-corrected chi connectivity index (χ4v) is 2.80. The third-order valence-electron chi connectivity index (χ3n) is 4.50. The van der Waals surface area contributed by atoms with E-state index in [1.165, 1.54) is 33.4 Å². The predicted octanol–water partition coefficient (Wildman–Crippen LogP) is 8.29. The molecule has 0 fully saturated rings. The van der Waals surface area contributed by atoms with Crippen LogP contribution in [0.2, 0.25) is 0 Å². The number of hydrogen-bond donors (Lipinski definition) is 0. The third kappa shape index (κ3) is 7.06. The van der Waals surface area contributed by atoms with Gasteiger partial charge in [-0.15, -0.1) is 0 Å². The average Bonchev–Trinajstić information content (AvgIpc) is 2.65. The van der Waals surface area contributed by atoms with Crippen molar-refractivity contribution < 1.29 is 0 Å². The second-order valence-corrected chi connectivity index (χ2v) is 7.75. The van der Waals surface area contributed by atoms with Crippen LogP contribution in [0.4, 0.5) is 0 Å². The summed E-state index contributed by atoms with van der Waals surface area (Å²) in [4.78, 5) is 0. The van der Waals surface area contributed by atoms with Gasteiger partial charge in [-0.3, -0.25) is 0 Å². The first-order valence-electron chi connectivity index (χ1n) is 9.98. The molecule has 0 aliphatic carbocycles. The molecule has 0 aliphatic rings. The molecule has 0 radical (unpaired) electrons. The molecule has 0 heteroatoms. The standard InChI is InChI=1S/C14H14.C11H16.C2H6/c1-11-7-3-5-9-13(11)14-10-6-4-8-12(14)2;1-9-5-7-10(8-6-9)11(2,3)4;1-2/h3-10H,1-2H3;5-8H,1-4H3;1-2H3. The molecule has 3 aromatic carbocycles. The molecule has 0 unspecified atom stereocenters. The van der Waals surface area contributed by atoms with Gasteiger partial charge in [-0.05, 0) is 54.0 Å². The molecule has 0 saturated heterocycles. The molecule has 0 aromatic heterocycles.